The number of thioether (sulfide) groups is 1. The van der Waals surface area contributed by atoms with E-state index in [1.807, 2.05) is 45.0 Å². The molecule has 0 aliphatic heterocycles. The van der Waals surface area contributed by atoms with Crippen molar-refractivity contribution >= 4 is 40.6 Å². The minimum atomic E-state index is -0.514. The van der Waals surface area contributed by atoms with Crippen molar-refractivity contribution < 1.29 is 14.5 Å². The van der Waals surface area contributed by atoms with Gasteiger partial charge in [0.15, 0.2) is 0 Å². The number of non-ortho nitro benzene ring substituents is 1. The Labute approximate surface area is 190 Å². The van der Waals surface area contributed by atoms with Gasteiger partial charge in [-0.05, 0) is 74.4 Å². The Kier molecular flexibility index (Phi) is 7.27. The lowest BCUT2D eigenvalue weighted by molar-refractivity contribution is -0.384. The Morgan fingerprint density at radius 2 is 1.56 bits per heavy atom. The van der Waals surface area contributed by atoms with Crippen LogP contribution in [0.3, 0.4) is 0 Å². The Balaban J connectivity index is 1.63. The average Bonchev–Trinajstić information content (AvgIpc) is 2.73. The average molecular weight is 450 g/mol. The van der Waals surface area contributed by atoms with Crippen LogP contribution < -0.4 is 10.6 Å². The van der Waals surface area contributed by atoms with E-state index in [4.69, 9.17) is 0 Å². The topological polar surface area (TPSA) is 101 Å². The van der Waals surface area contributed by atoms with E-state index in [2.05, 4.69) is 10.6 Å². The molecule has 164 valence electrons. The fourth-order valence-electron chi connectivity index (χ4n) is 3.13. The van der Waals surface area contributed by atoms with Crippen molar-refractivity contribution in [3.8, 4) is 0 Å². The molecule has 0 spiro atoms. The van der Waals surface area contributed by atoms with E-state index in [1.54, 1.807) is 18.2 Å². The van der Waals surface area contributed by atoms with Crippen molar-refractivity contribution in [3.05, 3.63) is 93.5 Å². The van der Waals surface area contributed by atoms with Crippen molar-refractivity contribution in [2.75, 3.05) is 10.6 Å². The van der Waals surface area contributed by atoms with Crippen LogP contribution in [-0.2, 0) is 4.79 Å². The van der Waals surface area contributed by atoms with Gasteiger partial charge in [-0.1, -0.05) is 12.1 Å². The van der Waals surface area contributed by atoms with Crippen molar-refractivity contribution in [1.29, 1.82) is 0 Å². The smallest absolute Gasteiger partial charge is 0.269 e. The number of amides is 2. The number of rotatable bonds is 7. The Bertz CT molecular complexity index is 1140. The van der Waals surface area contributed by atoms with Crippen molar-refractivity contribution in [2.45, 2.75) is 30.9 Å². The number of aryl methyl sites for hydroxylation is 2. The molecule has 7 nitrogen and oxygen atoms in total. The number of nitro benzene ring substituents is 1. The van der Waals surface area contributed by atoms with E-state index in [0.29, 0.717) is 11.3 Å². The predicted molar refractivity (Wildman–Crippen MR) is 127 cm³/mol. The molecule has 2 amide bonds. The van der Waals surface area contributed by atoms with E-state index >= 15 is 0 Å². The number of anilines is 2. The molecule has 1 atom stereocenters. The first-order valence-corrected chi connectivity index (χ1v) is 10.8. The molecule has 0 saturated carbocycles. The molecule has 3 rings (SSSR count). The van der Waals surface area contributed by atoms with Gasteiger partial charge < -0.3 is 10.6 Å². The van der Waals surface area contributed by atoms with Gasteiger partial charge in [0.1, 0.15) is 0 Å². The van der Waals surface area contributed by atoms with E-state index < -0.39 is 4.92 Å². The maximum atomic E-state index is 12.6. The van der Waals surface area contributed by atoms with Crippen molar-refractivity contribution in [1.82, 2.24) is 0 Å². The number of hydrogen-bond acceptors (Lipinski definition) is 5. The molecule has 0 aromatic heterocycles. The number of nitrogens with one attached hydrogen (secondary N) is 2. The molecule has 3 aromatic carbocycles. The molecule has 0 heterocycles. The van der Waals surface area contributed by atoms with Crippen LogP contribution in [0.25, 0.3) is 0 Å². The molecule has 3 aromatic rings. The van der Waals surface area contributed by atoms with Crippen molar-refractivity contribution in [2.24, 2.45) is 0 Å². The van der Waals surface area contributed by atoms with Gasteiger partial charge in [-0.15, -0.1) is 11.8 Å². The number of nitrogens with zero attached hydrogens (tertiary/aromatic N) is 1. The Hall–Kier alpha value is -3.65. The molecule has 0 fully saturated rings. The molecule has 0 saturated heterocycles. The summed E-state index contributed by atoms with van der Waals surface area (Å²) < 4.78 is 0. The van der Waals surface area contributed by atoms with Crippen LogP contribution in [0, 0.1) is 24.0 Å². The summed E-state index contributed by atoms with van der Waals surface area (Å²) in [6.45, 7) is 5.79. The number of carbonyl (C=O) groups is 2. The van der Waals surface area contributed by atoms with Gasteiger partial charge in [0.05, 0.1) is 10.2 Å². The van der Waals surface area contributed by atoms with Gasteiger partial charge >= 0.3 is 0 Å². The van der Waals surface area contributed by atoms with Crippen molar-refractivity contribution in [3.63, 3.8) is 0 Å². The zero-order valence-electron chi connectivity index (χ0n) is 17.9. The second kappa shape index (κ2) is 10.1. The van der Waals surface area contributed by atoms with E-state index in [9.17, 15) is 19.7 Å². The third-order valence-electron chi connectivity index (χ3n) is 4.60. The maximum Gasteiger partial charge on any atom is 0.269 e. The highest BCUT2D eigenvalue weighted by atomic mass is 32.2. The first-order chi connectivity index (χ1) is 15.2. The molecule has 0 bridgehead atoms. The van der Waals surface area contributed by atoms with Crippen LogP contribution in [0.1, 0.15) is 28.4 Å². The summed E-state index contributed by atoms with van der Waals surface area (Å²) in [5, 5.41) is 16.1. The van der Waals surface area contributed by atoms with E-state index in [0.717, 1.165) is 21.7 Å². The first kappa shape index (κ1) is 23.0. The summed E-state index contributed by atoms with van der Waals surface area (Å²) >= 11 is 1.38. The van der Waals surface area contributed by atoms with Gasteiger partial charge in [0.2, 0.25) is 5.91 Å². The maximum absolute atomic E-state index is 12.6. The highest BCUT2D eigenvalue weighted by Gasteiger charge is 2.16. The SMILES string of the molecule is Cc1cc(C)cc(NC(=O)C(C)Sc2cccc(NC(=O)c3ccc([N+](=O)[O-])cc3)c2)c1. The van der Waals surface area contributed by atoms with Gasteiger partial charge in [0.25, 0.3) is 11.6 Å². The lowest BCUT2D eigenvalue weighted by Crippen LogP contribution is -2.22. The molecule has 0 aliphatic carbocycles. The first-order valence-electron chi connectivity index (χ1n) is 9.93. The van der Waals surface area contributed by atoms with Gasteiger partial charge in [-0.2, -0.15) is 0 Å². The van der Waals surface area contributed by atoms with E-state index in [1.165, 1.54) is 36.0 Å². The molecule has 0 radical (unpaired) electrons. The summed E-state index contributed by atoms with van der Waals surface area (Å²) in [4.78, 5) is 36.1. The molecule has 8 heteroatoms. The summed E-state index contributed by atoms with van der Waals surface area (Å²) in [6.07, 6.45) is 0. The quantitative estimate of drug-likeness (QED) is 0.278. The van der Waals surface area contributed by atoms with Crippen LogP contribution in [0.5, 0.6) is 0 Å². The summed E-state index contributed by atoms with van der Waals surface area (Å²) in [7, 11) is 0. The van der Waals surface area contributed by atoms with Crippen LogP contribution in [-0.4, -0.2) is 22.0 Å². The molecular weight excluding hydrogens is 426 g/mol. The van der Waals surface area contributed by atoms with E-state index in [-0.39, 0.29) is 22.8 Å². The second-order valence-electron chi connectivity index (χ2n) is 7.41. The predicted octanol–water partition coefficient (Wildman–Crippen LogP) is 5.58. The monoisotopic (exact) mass is 449 g/mol. The highest BCUT2D eigenvalue weighted by Crippen LogP contribution is 2.27. The number of nitro groups is 1. The molecule has 32 heavy (non-hydrogen) atoms. The minimum absolute atomic E-state index is 0.0759. The van der Waals surface area contributed by atoms with Crippen LogP contribution in [0.15, 0.2) is 71.6 Å². The highest BCUT2D eigenvalue weighted by molar-refractivity contribution is 8.00. The standard InChI is InChI=1S/C24H23N3O4S/c1-15-11-16(2)13-20(12-15)26-23(28)17(3)32-22-6-4-5-19(14-22)25-24(29)18-7-9-21(10-8-18)27(30)31/h4-14,17H,1-3H3,(H,25,29)(H,26,28). The molecule has 0 aliphatic rings. The number of benzene rings is 3. The van der Waals surface area contributed by atoms with Crippen LogP contribution in [0.4, 0.5) is 17.1 Å². The molecular formula is C24H23N3O4S. The third-order valence-corrected chi connectivity index (χ3v) is 5.70. The lowest BCUT2D eigenvalue weighted by atomic mass is 10.1. The molecule has 1 unspecified atom stereocenters. The van der Waals surface area contributed by atoms with Gasteiger partial charge in [-0.3, -0.25) is 19.7 Å². The summed E-state index contributed by atoms with van der Waals surface area (Å²) in [6, 6.07) is 18.5. The second-order valence-corrected chi connectivity index (χ2v) is 8.83. The number of carbonyl (C=O) groups excluding carboxylic acids is 2. The Morgan fingerprint density at radius 3 is 2.19 bits per heavy atom. The third kappa shape index (κ3) is 6.18. The minimum Gasteiger partial charge on any atom is -0.325 e. The summed E-state index contributed by atoms with van der Waals surface area (Å²) in [5.41, 5.74) is 3.74. The normalized spacial score (nSPS) is 11.5. The summed E-state index contributed by atoms with van der Waals surface area (Å²) in [5.74, 6) is -0.483. The zero-order chi connectivity index (χ0) is 23.3. The fourth-order valence-corrected chi connectivity index (χ4v) is 4.06. The van der Waals surface area contributed by atoms with Gasteiger partial charge in [0, 0.05) is 34.0 Å². The lowest BCUT2D eigenvalue weighted by Gasteiger charge is -2.14. The fraction of sp³-hybridized carbons (Fsp3) is 0.167. The number of hydrogen-bond donors (Lipinski definition) is 2. The Morgan fingerprint density at radius 1 is 0.906 bits per heavy atom. The molecule has 2 N–H and O–H groups in total. The van der Waals surface area contributed by atoms with Gasteiger partial charge in [-0.25, -0.2) is 0 Å². The zero-order valence-corrected chi connectivity index (χ0v) is 18.7. The van der Waals surface area contributed by atoms with Crippen LogP contribution >= 0.6 is 11.8 Å². The largest absolute Gasteiger partial charge is 0.325 e. The van der Waals surface area contributed by atoms with Crippen LogP contribution in [0.2, 0.25) is 0 Å².